The van der Waals surface area contributed by atoms with Crippen LogP contribution in [0.25, 0.3) is 0 Å². The second kappa shape index (κ2) is 3.87. The summed E-state index contributed by atoms with van der Waals surface area (Å²) in [6, 6.07) is -1.06. The summed E-state index contributed by atoms with van der Waals surface area (Å²) < 4.78 is 0. The summed E-state index contributed by atoms with van der Waals surface area (Å²) in [5, 5.41) is 0. The summed E-state index contributed by atoms with van der Waals surface area (Å²) in [6.45, 7) is 4.26. The summed E-state index contributed by atoms with van der Waals surface area (Å²) in [5.41, 5.74) is 0.718. The van der Waals surface area contributed by atoms with E-state index in [-0.39, 0.29) is 0 Å². The summed E-state index contributed by atoms with van der Waals surface area (Å²) in [5.74, 6) is 0. The lowest BCUT2D eigenvalue weighted by Gasteiger charge is -2.12. The first kappa shape index (κ1) is 8.94. The minimum Gasteiger partial charge on any atom is -0.121 e. The molecule has 0 N–H and O–H groups in total. The molecule has 0 saturated carbocycles. The zero-order chi connectivity index (χ0) is 6.62. The van der Waals surface area contributed by atoms with Crippen molar-refractivity contribution in [3.05, 3.63) is 0 Å². The van der Waals surface area contributed by atoms with Gasteiger partial charge in [-0.15, -0.1) is 11.6 Å². The molecular formula is C5H12ClPS. The van der Waals surface area contributed by atoms with Crippen molar-refractivity contribution >= 4 is 29.4 Å². The molecule has 0 atom stereocenters. The molecule has 0 aliphatic rings. The topological polar surface area (TPSA) is 0 Å². The van der Waals surface area contributed by atoms with Crippen LogP contribution in [0.4, 0.5) is 0 Å². The zero-order valence-electron chi connectivity index (χ0n) is 5.35. The van der Waals surface area contributed by atoms with Crippen molar-refractivity contribution in [1.29, 1.82) is 0 Å². The quantitative estimate of drug-likeness (QED) is 0.464. The van der Waals surface area contributed by atoms with E-state index in [1.807, 2.05) is 0 Å². The normalized spacial score (nSPS) is 11.9. The maximum absolute atomic E-state index is 5.65. The van der Waals surface area contributed by atoms with Crippen LogP contribution in [-0.2, 0) is 11.8 Å². The Hall–Kier alpha value is 0.940. The van der Waals surface area contributed by atoms with Gasteiger partial charge in [-0.1, -0.05) is 25.7 Å². The van der Waals surface area contributed by atoms with Crippen molar-refractivity contribution in [2.75, 3.05) is 17.9 Å². The van der Waals surface area contributed by atoms with E-state index in [0.717, 1.165) is 17.9 Å². The van der Waals surface area contributed by atoms with E-state index < -0.39 is 6.04 Å². The Morgan fingerprint density at radius 3 is 1.75 bits per heavy atom. The second-order valence-electron chi connectivity index (χ2n) is 1.81. The molecule has 0 unspecified atom stereocenters. The van der Waals surface area contributed by atoms with Gasteiger partial charge in [0.05, 0.1) is 5.62 Å². The summed E-state index contributed by atoms with van der Waals surface area (Å²) >= 11 is 10.9. The van der Waals surface area contributed by atoms with E-state index in [1.54, 1.807) is 0 Å². The fourth-order valence-electron chi connectivity index (χ4n) is 0.393. The van der Waals surface area contributed by atoms with Gasteiger partial charge in [-0.3, -0.25) is 0 Å². The average molecular weight is 171 g/mol. The highest BCUT2D eigenvalue weighted by molar-refractivity contribution is 8.15. The molecule has 0 heterocycles. The SMILES string of the molecule is CCP(=S)(CC)CCl. The van der Waals surface area contributed by atoms with Gasteiger partial charge in [0.1, 0.15) is 0 Å². The van der Waals surface area contributed by atoms with E-state index in [1.165, 1.54) is 0 Å². The number of hydrogen-bond donors (Lipinski definition) is 0. The van der Waals surface area contributed by atoms with Gasteiger partial charge in [0.15, 0.2) is 0 Å². The Morgan fingerprint density at radius 2 is 1.75 bits per heavy atom. The molecule has 0 aromatic heterocycles. The Kier molecular flexibility index (Phi) is 4.33. The third-order valence-corrected chi connectivity index (χ3v) is 7.85. The van der Waals surface area contributed by atoms with Gasteiger partial charge in [-0.25, -0.2) is 0 Å². The van der Waals surface area contributed by atoms with Gasteiger partial charge in [0.25, 0.3) is 0 Å². The van der Waals surface area contributed by atoms with Crippen LogP contribution in [0.1, 0.15) is 13.8 Å². The molecule has 0 spiro atoms. The maximum atomic E-state index is 5.65. The van der Waals surface area contributed by atoms with Crippen molar-refractivity contribution in [2.24, 2.45) is 0 Å². The molecule has 0 aromatic carbocycles. The predicted octanol–water partition coefficient (Wildman–Crippen LogP) is 2.70. The standard InChI is InChI=1S/C5H12ClPS/c1-3-7(8,4-2)5-6/h3-5H2,1-2H3. The van der Waals surface area contributed by atoms with Gasteiger partial charge in [0.2, 0.25) is 0 Å². The van der Waals surface area contributed by atoms with Crippen molar-refractivity contribution in [3.8, 4) is 0 Å². The van der Waals surface area contributed by atoms with Crippen LogP contribution in [0.5, 0.6) is 0 Å². The molecule has 0 fully saturated rings. The molecule has 0 aliphatic heterocycles. The van der Waals surface area contributed by atoms with Gasteiger partial charge in [0, 0.05) is 0 Å². The van der Waals surface area contributed by atoms with Crippen molar-refractivity contribution in [2.45, 2.75) is 13.8 Å². The third-order valence-electron chi connectivity index (χ3n) is 1.37. The monoisotopic (exact) mass is 170 g/mol. The number of hydrogen-bond acceptors (Lipinski definition) is 1. The fraction of sp³-hybridized carbons (Fsp3) is 1.00. The Bertz CT molecular complexity index is 83.6. The van der Waals surface area contributed by atoms with Crippen LogP contribution in [0.3, 0.4) is 0 Å². The molecule has 0 nitrogen and oxygen atoms in total. The summed E-state index contributed by atoms with van der Waals surface area (Å²) in [7, 11) is 0. The lowest BCUT2D eigenvalue weighted by atomic mass is 11.0. The minimum atomic E-state index is -1.06. The molecule has 0 saturated heterocycles. The van der Waals surface area contributed by atoms with Crippen LogP contribution >= 0.6 is 17.6 Å². The molecular weight excluding hydrogens is 159 g/mol. The molecule has 0 aromatic rings. The van der Waals surface area contributed by atoms with Crippen LogP contribution in [0, 0.1) is 0 Å². The molecule has 0 aliphatic carbocycles. The van der Waals surface area contributed by atoms with E-state index in [2.05, 4.69) is 13.8 Å². The van der Waals surface area contributed by atoms with Crippen molar-refractivity contribution in [3.63, 3.8) is 0 Å². The molecule has 0 radical (unpaired) electrons. The van der Waals surface area contributed by atoms with Gasteiger partial charge in [-0.05, 0) is 18.4 Å². The van der Waals surface area contributed by atoms with Gasteiger partial charge < -0.3 is 0 Å². The Labute approximate surface area is 61.6 Å². The van der Waals surface area contributed by atoms with Crippen LogP contribution in [0.2, 0.25) is 0 Å². The van der Waals surface area contributed by atoms with Crippen LogP contribution in [0.15, 0.2) is 0 Å². The molecule has 0 bridgehead atoms. The number of rotatable bonds is 3. The van der Waals surface area contributed by atoms with Gasteiger partial charge in [-0.2, -0.15) is 0 Å². The molecule has 50 valence electrons. The van der Waals surface area contributed by atoms with Crippen molar-refractivity contribution in [1.82, 2.24) is 0 Å². The second-order valence-corrected chi connectivity index (χ2v) is 8.47. The summed E-state index contributed by atoms with van der Waals surface area (Å²) in [4.78, 5) is 0. The third kappa shape index (κ3) is 2.48. The highest BCUT2D eigenvalue weighted by atomic mass is 35.5. The van der Waals surface area contributed by atoms with Gasteiger partial charge >= 0.3 is 0 Å². The first-order chi connectivity index (χ1) is 3.68. The lowest BCUT2D eigenvalue weighted by molar-refractivity contribution is 1.40. The zero-order valence-corrected chi connectivity index (χ0v) is 7.82. The molecule has 8 heavy (non-hydrogen) atoms. The molecule has 3 heteroatoms. The van der Waals surface area contributed by atoms with Crippen LogP contribution < -0.4 is 0 Å². The predicted molar refractivity (Wildman–Crippen MR) is 46.1 cm³/mol. The van der Waals surface area contributed by atoms with Crippen molar-refractivity contribution < 1.29 is 0 Å². The first-order valence-corrected chi connectivity index (χ1v) is 6.71. The molecule has 0 amide bonds. The number of alkyl halides is 1. The van der Waals surface area contributed by atoms with Crippen LogP contribution in [-0.4, -0.2) is 17.9 Å². The van der Waals surface area contributed by atoms with E-state index >= 15 is 0 Å². The average Bonchev–Trinajstić information content (AvgIpc) is 1.87. The Morgan fingerprint density at radius 1 is 1.38 bits per heavy atom. The minimum absolute atomic E-state index is 0.718. The fourth-order valence-corrected chi connectivity index (χ4v) is 2.19. The van der Waals surface area contributed by atoms with E-state index in [9.17, 15) is 0 Å². The molecule has 0 rings (SSSR count). The highest BCUT2D eigenvalue weighted by Crippen LogP contribution is 2.45. The largest absolute Gasteiger partial charge is 0.121 e. The smallest absolute Gasteiger partial charge is 0.0515 e. The first-order valence-electron chi connectivity index (χ1n) is 2.81. The Balaban J connectivity index is 3.79. The number of halogens is 1. The maximum Gasteiger partial charge on any atom is 0.0515 e. The highest BCUT2D eigenvalue weighted by Gasteiger charge is 2.07. The van der Waals surface area contributed by atoms with E-state index in [0.29, 0.717) is 0 Å². The summed E-state index contributed by atoms with van der Waals surface area (Å²) in [6.07, 6.45) is 2.23. The lowest BCUT2D eigenvalue weighted by Crippen LogP contribution is -1.88. The van der Waals surface area contributed by atoms with E-state index in [4.69, 9.17) is 23.4 Å².